The first-order chi connectivity index (χ1) is 35.0. The molecule has 13 heteroatoms. The van der Waals surface area contributed by atoms with E-state index in [-0.39, 0.29) is 13.0 Å². The molecule has 12 nitrogen and oxygen atoms in total. The first-order valence-corrected chi connectivity index (χ1v) is 32.0. The Kier molecular flexibility index (Phi) is 47.6. The normalized spacial score (nSPS) is 20.6. The molecule has 0 aromatic carbocycles. The largest absolute Gasteiger partial charge is 0.472 e. The van der Waals surface area contributed by atoms with Gasteiger partial charge in [0.2, 0.25) is 0 Å². The van der Waals surface area contributed by atoms with Gasteiger partial charge in [0, 0.05) is 13.0 Å². The Bertz CT molecular complexity index is 1240. The number of allylic oxidation sites excluding steroid dienone is 2. The monoisotopic (exact) mass is 1050 g/mol. The van der Waals surface area contributed by atoms with E-state index in [0.717, 1.165) is 38.5 Å². The summed E-state index contributed by atoms with van der Waals surface area (Å²) in [4.78, 5) is 23.4. The van der Waals surface area contributed by atoms with Crippen LogP contribution in [0, 0.1) is 0 Å². The number of hydrogen-bond acceptors (Lipinski definition) is 11. The van der Waals surface area contributed by atoms with Crippen molar-refractivity contribution in [2.45, 2.75) is 339 Å². The Balaban J connectivity index is 2.24. The molecule has 0 amide bonds. The van der Waals surface area contributed by atoms with Gasteiger partial charge in [0.1, 0.15) is 42.7 Å². The van der Waals surface area contributed by atoms with E-state index < -0.39 is 63.1 Å². The second-order valence-corrected chi connectivity index (χ2v) is 23.0. The zero-order chi connectivity index (χ0) is 52.6. The molecule has 0 aromatic heterocycles. The summed E-state index contributed by atoms with van der Waals surface area (Å²) in [5.41, 5.74) is 0. The summed E-state index contributed by atoms with van der Waals surface area (Å²) in [5.74, 6) is -0.470. The van der Waals surface area contributed by atoms with Gasteiger partial charge in [-0.3, -0.25) is 13.8 Å². The Labute approximate surface area is 441 Å². The maximum absolute atomic E-state index is 12.9. The third kappa shape index (κ3) is 40.3. The van der Waals surface area contributed by atoms with Crippen LogP contribution in [0.2, 0.25) is 0 Å². The summed E-state index contributed by atoms with van der Waals surface area (Å²) in [6.07, 6.45) is 47.2. The Morgan fingerprint density at radius 2 is 0.736 bits per heavy atom. The quantitative estimate of drug-likeness (QED) is 0.0146. The standard InChI is InChI=1S/C59H115O12P/c1-3-5-7-9-11-13-15-17-19-21-23-25-27-28-30-32-34-36-38-40-42-44-46-48-53(60)70-52(51-69-72(66,67)71-59-57(64)55(62)54(61)56(63)58(59)65)50-68-49-47-45-43-41-39-37-35-33-31-29-26-24-22-20-18-16-14-12-10-8-6-4-2/h21,23,52,54-59,61-65H,3-20,22,24-51H2,1-2H3,(H,66,67)/b23-21-. The molecule has 0 aromatic rings. The predicted molar refractivity (Wildman–Crippen MR) is 295 cm³/mol. The van der Waals surface area contributed by atoms with Gasteiger partial charge in [0.15, 0.2) is 0 Å². The minimum Gasteiger partial charge on any atom is -0.457 e. The van der Waals surface area contributed by atoms with Crippen molar-refractivity contribution in [1.82, 2.24) is 0 Å². The lowest BCUT2D eigenvalue weighted by Gasteiger charge is -2.41. The molecule has 1 saturated carbocycles. The van der Waals surface area contributed by atoms with E-state index in [1.807, 2.05) is 0 Å². The summed E-state index contributed by atoms with van der Waals surface area (Å²) in [7, 11) is -5.02. The first-order valence-electron chi connectivity index (χ1n) is 30.5. The fourth-order valence-electron chi connectivity index (χ4n) is 9.83. The number of rotatable bonds is 54. The van der Waals surface area contributed by atoms with Gasteiger partial charge in [0.05, 0.1) is 13.2 Å². The summed E-state index contributed by atoms with van der Waals surface area (Å²) in [6, 6.07) is 0. The van der Waals surface area contributed by atoms with Gasteiger partial charge >= 0.3 is 13.8 Å². The van der Waals surface area contributed by atoms with E-state index in [2.05, 4.69) is 26.0 Å². The van der Waals surface area contributed by atoms with E-state index in [9.17, 15) is 39.8 Å². The van der Waals surface area contributed by atoms with Gasteiger partial charge in [-0.2, -0.15) is 0 Å². The van der Waals surface area contributed by atoms with Crippen LogP contribution in [0.5, 0.6) is 0 Å². The lowest BCUT2D eigenvalue weighted by Crippen LogP contribution is -2.64. The number of phosphoric acid groups is 1. The maximum atomic E-state index is 12.9. The minimum absolute atomic E-state index is 0.0697. The fraction of sp³-hybridized carbons (Fsp3) is 0.949. The van der Waals surface area contributed by atoms with Gasteiger partial charge in [-0.25, -0.2) is 4.57 Å². The number of aliphatic hydroxyl groups is 5. The van der Waals surface area contributed by atoms with Crippen molar-refractivity contribution >= 4 is 13.8 Å². The molecule has 6 unspecified atom stereocenters. The summed E-state index contributed by atoms with van der Waals surface area (Å²) >= 11 is 0. The second-order valence-electron chi connectivity index (χ2n) is 21.6. The van der Waals surface area contributed by atoms with E-state index in [4.69, 9.17) is 18.5 Å². The molecule has 0 spiro atoms. The highest BCUT2D eigenvalue weighted by molar-refractivity contribution is 7.47. The summed E-state index contributed by atoms with van der Waals surface area (Å²) < 4.78 is 34.5. The fourth-order valence-corrected chi connectivity index (χ4v) is 10.8. The molecule has 0 aliphatic heterocycles. The maximum Gasteiger partial charge on any atom is 0.472 e. The predicted octanol–water partition coefficient (Wildman–Crippen LogP) is 15.0. The molecule has 0 saturated heterocycles. The number of aliphatic hydroxyl groups excluding tert-OH is 5. The van der Waals surface area contributed by atoms with Crippen molar-refractivity contribution in [2.75, 3.05) is 19.8 Å². The molecule has 72 heavy (non-hydrogen) atoms. The molecule has 428 valence electrons. The molecule has 1 aliphatic rings. The third-order valence-corrected chi connectivity index (χ3v) is 15.6. The van der Waals surface area contributed by atoms with Gasteiger partial charge in [-0.15, -0.1) is 0 Å². The second kappa shape index (κ2) is 49.6. The number of carbonyl (C=O) groups is 1. The highest BCUT2D eigenvalue weighted by Gasteiger charge is 2.51. The number of carbonyl (C=O) groups excluding carboxylic acids is 1. The van der Waals surface area contributed by atoms with E-state index in [1.54, 1.807) is 0 Å². The Morgan fingerprint density at radius 3 is 1.10 bits per heavy atom. The smallest absolute Gasteiger partial charge is 0.457 e. The molecule has 0 heterocycles. The van der Waals surface area contributed by atoms with E-state index in [1.165, 1.54) is 231 Å². The van der Waals surface area contributed by atoms with Gasteiger partial charge in [0.25, 0.3) is 0 Å². The molecule has 6 N–H and O–H groups in total. The van der Waals surface area contributed by atoms with Crippen molar-refractivity contribution < 1.29 is 58.3 Å². The molecular weight excluding hydrogens is 932 g/mol. The van der Waals surface area contributed by atoms with Gasteiger partial charge in [-0.1, -0.05) is 264 Å². The van der Waals surface area contributed by atoms with Crippen LogP contribution in [-0.2, 0) is 27.9 Å². The van der Waals surface area contributed by atoms with Gasteiger partial charge < -0.3 is 39.9 Å². The van der Waals surface area contributed by atoms with Crippen LogP contribution in [0.25, 0.3) is 0 Å². The van der Waals surface area contributed by atoms with Crippen LogP contribution >= 0.6 is 7.82 Å². The number of ether oxygens (including phenoxy) is 2. The van der Waals surface area contributed by atoms with Crippen LogP contribution in [0.4, 0.5) is 0 Å². The van der Waals surface area contributed by atoms with Crippen molar-refractivity contribution in [3.63, 3.8) is 0 Å². The molecule has 0 radical (unpaired) electrons. The van der Waals surface area contributed by atoms with Crippen LogP contribution < -0.4 is 0 Å². The first kappa shape index (κ1) is 69.1. The van der Waals surface area contributed by atoms with E-state index >= 15 is 0 Å². The molecule has 1 fully saturated rings. The van der Waals surface area contributed by atoms with Crippen molar-refractivity contribution in [2.24, 2.45) is 0 Å². The third-order valence-electron chi connectivity index (χ3n) is 14.6. The van der Waals surface area contributed by atoms with Crippen LogP contribution in [-0.4, -0.2) is 98.9 Å². The van der Waals surface area contributed by atoms with Crippen molar-refractivity contribution in [3.05, 3.63) is 12.2 Å². The molecule has 1 rings (SSSR count). The molecule has 1 aliphatic carbocycles. The highest BCUT2D eigenvalue weighted by Crippen LogP contribution is 2.47. The SMILES string of the molecule is CCCCCCCCCC/C=C\CCCCCCCCCCCCCC(=O)OC(COCCCCCCCCCCCCCCCCCCCCCCCC)COP(=O)(O)OC1C(O)C(O)C(O)C(O)C1O. The molecule has 0 bridgehead atoms. The topological polar surface area (TPSA) is 192 Å². The summed E-state index contributed by atoms with van der Waals surface area (Å²) in [5, 5.41) is 50.5. The highest BCUT2D eigenvalue weighted by atomic mass is 31.2. The van der Waals surface area contributed by atoms with E-state index in [0.29, 0.717) is 13.0 Å². The molecule has 6 atom stereocenters. The van der Waals surface area contributed by atoms with Crippen LogP contribution in [0.15, 0.2) is 12.2 Å². The Hall–Kier alpha value is -0.920. The number of hydrogen-bond donors (Lipinski definition) is 6. The number of phosphoric ester groups is 1. The number of unbranched alkanes of at least 4 members (excludes halogenated alkanes) is 40. The average Bonchev–Trinajstić information content (AvgIpc) is 3.37. The zero-order valence-electron chi connectivity index (χ0n) is 46.5. The minimum atomic E-state index is -5.02. The van der Waals surface area contributed by atoms with Crippen molar-refractivity contribution in [3.8, 4) is 0 Å². The average molecular weight is 1050 g/mol. The zero-order valence-corrected chi connectivity index (χ0v) is 47.4. The molecular formula is C59H115O12P. The number of esters is 1. The van der Waals surface area contributed by atoms with Crippen molar-refractivity contribution in [1.29, 1.82) is 0 Å². The lowest BCUT2D eigenvalue weighted by molar-refractivity contribution is -0.220. The van der Waals surface area contributed by atoms with Crippen LogP contribution in [0.3, 0.4) is 0 Å². The summed E-state index contributed by atoms with van der Waals surface area (Å²) in [6.45, 7) is 4.34. The Morgan fingerprint density at radius 1 is 0.431 bits per heavy atom. The van der Waals surface area contributed by atoms with Crippen LogP contribution in [0.1, 0.15) is 296 Å². The van der Waals surface area contributed by atoms with Gasteiger partial charge in [-0.05, 0) is 38.5 Å². The lowest BCUT2D eigenvalue weighted by atomic mass is 9.85.